The average molecular weight is 599 g/mol. The van der Waals surface area contributed by atoms with Crippen molar-refractivity contribution in [1.82, 2.24) is 24.8 Å². The number of amides is 2. The number of anilines is 1. The highest BCUT2D eigenvalue weighted by Crippen LogP contribution is 2.35. The van der Waals surface area contributed by atoms with Gasteiger partial charge in [-0.3, -0.25) is 9.69 Å². The first-order chi connectivity index (χ1) is 20.1. The Balaban J connectivity index is 1.22. The van der Waals surface area contributed by atoms with E-state index in [1.54, 1.807) is 53.4 Å². The van der Waals surface area contributed by atoms with Gasteiger partial charge in [-0.1, -0.05) is 77.1 Å². The molecule has 0 aliphatic carbocycles. The first-order valence-corrected chi connectivity index (χ1v) is 13.4. The predicted octanol–water partition coefficient (Wildman–Crippen LogP) is 4.46. The maximum atomic E-state index is 13.2. The van der Waals surface area contributed by atoms with Crippen LogP contribution in [0, 0.1) is 0 Å². The Hall–Kier alpha value is -4.26. The van der Waals surface area contributed by atoms with Crippen molar-refractivity contribution in [2.75, 3.05) is 38.0 Å². The number of rotatable bonds is 6. The minimum Gasteiger partial charge on any atom is -0.374 e. The number of nitrogens with zero attached hydrogens (tertiary/aromatic N) is 5. The van der Waals surface area contributed by atoms with Crippen molar-refractivity contribution in [3.63, 3.8) is 0 Å². The third-order valence-electron chi connectivity index (χ3n) is 6.99. The highest BCUT2D eigenvalue weighted by Gasteiger charge is 2.37. The molecular weight excluding hydrogens is 573 g/mol. The van der Waals surface area contributed by atoms with E-state index in [9.17, 15) is 27.9 Å². The fourth-order valence-electron chi connectivity index (χ4n) is 4.76. The molecule has 1 saturated heterocycles. The Bertz CT molecular complexity index is 1520. The summed E-state index contributed by atoms with van der Waals surface area (Å²) >= 11 is 5.98. The normalized spacial score (nSPS) is 14.5. The smallest absolute Gasteiger partial charge is 0.374 e. The standard InChI is InChI=1S/C29H26ClF3N6O3/c30-23-12-11-22(29(31,32)33)17-24(23)35-26(40)19-37-13-15-38(16-14-37)27(41)39-34-18-25(36-39)28(42,20-7-3-1-4-8-20)21-9-5-2-6-10-21/h1-12,17-18,42H,13-16,19H2,(H,35,40). The maximum Gasteiger partial charge on any atom is 0.416 e. The second-order valence-corrected chi connectivity index (χ2v) is 10.2. The van der Waals surface area contributed by atoms with Crippen molar-refractivity contribution in [2.24, 2.45) is 0 Å². The number of aromatic nitrogens is 3. The SMILES string of the molecule is O=C(CN1CCN(C(=O)n2ncc(C(O)(c3ccccc3)c3ccccc3)n2)CC1)Nc1cc(C(F)(F)F)ccc1Cl. The summed E-state index contributed by atoms with van der Waals surface area (Å²) in [7, 11) is 0. The molecule has 218 valence electrons. The molecule has 4 aromatic rings. The second-order valence-electron chi connectivity index (χ2n) is 9.75. The molecule has 0 unspecified atom stereocenters. The molecule has 42 heavy (non-hydrogen) atoms. The summed E-state index contributed by atoms with van der Waals surface area (Å²) in [5, 5.41) is 22.8. The van der Waals surface area contributed by atoms with Crippen molar-refractivity contribution >= 4 is 29.2 Å². The van der Waals surface area contributed by atoms with E-state index in [1.807, 2.05) is 12.1 Å². The zero-order valence-electron chi connectivity index (χ0n) is 22.1. The van der Waals surface area contributed by atoms with Crippen LogP contribution in [0.4, 0.5) is 23.7 Å². The molecule has 3 aromatic carbocycles. The molecular formula is C29H26ClF3N6O3. The fraction of sp³-hybridized carbons (Fsp3) is 0.241. The Morgan fingerprint density at radius 3 is 2.05 bits per heavy atom. The van der Waals surface area contributed by atoms with Crippen molar-refractivity contribution in [2.45, 2.75) is 11.8 Å². The summed E-state index contributed by atoms with van der Waals surface area (Å²) < 4.78 is 39.1. The second kappa shape index (κ2) is 11.9. The van der Waals surface area contributed by atoms with Gasteiger partial charge in [-0.2, -0.15) is 18.3 Å². The lowest BCUT2D eigenvalue weighted by molar-refractivity contribution is -0.137. The molecule has 0 bridgehead atoms. The van der Waals surface area contributed by atoms with Crippen LogP contribution < -0.4 is 5.32 Å². The number of carbonyl (C=O) groups excluding carboxylic acids is 2. The number of piperazine rings is 1. The number of halogens is 4. The third-order valence-corrected chi connectivity index (χ3v) is 7.32. The molecule has 2 heterocycles. The lowest BCUT2D eigenvalue weighted by Crippen LogP contribution is -2.51. The molecule has 1 fully saturated rings. The van der Waals surface area contributed by atoms with Crippen LogP contribution in [-0.4, -0.2) is 74.6 Å². The van der Waals surface area contributed by atoms with E-state index >= 15 is 0 Å². The highest BCUT2D eigenvalue weighted by molar-refractivity contribution is 6.33. The van der Waals surface area contributed by atoms with E-state index in [0.717, 1.165) is 23.0 Å². The third kappa shape index (κ3) is 6.15. The summed E-state index contributed by atoms with van der Waals surface area (Å²) in [5.74, 6) is -0.532. The molecule has 2 N–H and O–H groups in total. The molecule has 5 rings (SSSR count). The zero-order chi connectivity index (χ0) is 29.9. The van der Waals surface area contributed by atoms with Gasteiger partial charge >= 0.3 is 12.2 Å². The lowest BCUT2D eigenvalue weighted by Gasteiger charge is -2.33. The first kappa shape index (κ1) is 29.2. The number of benzene rings is 3. The maximum absolute atomic E-state index is 13.2. The van der Waals surface area contributed by atoms with Gasteiger partial charge in [-0.15, -0.1) is 5.10 Å². The summed E-state index contributed by atoms with van der Waals surface area (Å²) in [5.41, 5.74) is -1.39. The van der Waals surface area contributed by atoms with Gasteiger partial charge in [0, 0.05) is 26.2 Å². The minimum atomic E-state index is -4.57. The van der Waals surface area contributed by atoms with Crippen LogP contribution in [0.25, 0.3) is 0 Å². The number of hydrogen-bond acceptors (Lipinski definition) is 6. The molecule has 13 heteroatoms. The van der Waals surface area contributed by atoms with Gasteiger partial charge in [0.25, 0.3) is 0 Å². The summed E-state index contributed by atoms with van der Waals surface area (Å²) in [4.78, 5) is 30.0. The summed E-state index contributed by atoms with van der Waals surface area (Å²) in [6.07, 6.45) is -3.21. The van der Waals surface area contributed by atoms with Gasteiger partial charge in [-0.25, -0.2) is 4.79 Å². The molecule has 0 radical (unpaired) electrons. The van der Waals surface area contributed by atoms with Crippen LogP contribution in [-0.2, 0) is 16.6 Å². The van der Waals surface area contributed by atoms with Gasteiger partial charge in [0.2, 0.25) is 5.91 Å². The van der Waals surface area contributed by atoms with E-state index in [1.165, 1.54) is 11.1 Å². The van der Waals surface area contributed by atoms with Gasteiger partial charge in [0.05, 0.1) is 29.0 Å². The van der Waals surface area contributed by atoms with Gasteiger partial charge in [-0.05, 0) is 29.3 Å². The molecule has 9 nitrogen and oxygen atoms in total. The van der Waals surface area contributed by atoms with Crippen LogP contribution in [0.2, 0.25) is 5.02 Å². The first-order valence-electron chi connectivity index (χ1n) is 13.0. The van der Waals surface area contributed by atoms with E-state index < -0.39 is 29.3 Å². The molecule has 1 aliphatic rings. The van der Waals surface area contributed by atoms with Crippen LogP contribution in [0.5, 0.6) is 0 Å². The van der Waals surface area contributed by atoms with Crippen molar-refractivity contribution < 1.29 is 27.9 Å². The van der Waals surface area contributed by atoms with E-state index in [2.05, 4.69) is 15.5 Å². The average Bonchev–Trinajstić information content (AvgIpc) is 3.49. The van der Waals surface area contributed by atoms with Crippen LogP contribution in [0.15, 0.2) is 85.1 Å². The summed E-state index contributed by atoms with van der Waals surface area (Å²) in [6.45, 7) is 1.09. The van der Waals surface area contributed by atoms with E-state index in [0.29, 0.717) is 24.2 Å². The molecule has 0 atom stereocenters. The number of aliphatic hydroxyl groups is 1. The fourth-order valence-corrected chi connectivity index (χ4v) is 4.92. The minimum absolute atomic E-state index is 0.00992. The van der Waals surface area contributed by atoms with Gasteiger partial charge < -0.3 is 15.3 Å². The number of carbonyl (C=O) groups is 2. The van der Waals surface area contributed by atoms with E-state index in [-0.39, 0.29) is 36.0 Å². The predicted molar refractivity (Wildman–Crippen MR) is 149 cm³/mol. The van der Waals surface area contributed by atoms with E-state index in [4.69, 9.17) is 11.6 Å². The number of hydrogen-bond donors (Lipinski definition) is 2. The monoisotopic (exact) mass is 598 g/mol. The largest absolute Gasteiger partial charge is 0.416 e. The quantitative estimate of drug-likeness (QED) is 0.340. The van der Waals surface area contributed by atoms with Crippen molar-refractivity contribution in [1.29, 1.82) is 0 Å². The molecule has 0 spiro atoms. The number of nitrogens with one attached hydrogen (secondary N) is 1. The van der Waals surface area contributed by atoms with Gasteiger partial charge in [0.15, 0.2) is 5.60 Å². The Morgan fingerprint density at radius 1 is 0.881 bits per heavy atom. The summed E-state index contributed by atoms with van der Waals surface area (Å²) in [6, 6.07) is 20.2. The Kier molecular flexibility index (Phi) is 8.30. The number of alkyl halides is 3. The molecule has 1 aliphatic heterocycles. The topological polar surface area (TPSA) is 104 Å². The molecule has 1 aromatic heterocycles. The highest BCUT2D eigenvalue weighted by atomic mass is 35.5. The van der Waals surface area contributed by atoms with Crippen LogP contribution >= 0.6 is 11.6 Å². The lowest BCUT2D eigenvalue weighted by atomic mass is 9.84. The van der Waals surface area contributed by atoms with Gasteiger partial charge in [0.1, 0.15) is 5.69 Å². The Morgan fingerprint density at radius 2 is 1.48 bits per heavy atom. The van der Waals surface area contributed by atoms with Crippen molar-refractivity contribution in [3.05, 3.63) is 112 Å². The zero-order valence-corrected chi connectivity index (χ0v) is 22.9. The van der Waals surface area contributed by atoms with Crippen molar-refractivity contribution in [3.8, 4) is 0 Å². The van der Waals surface area contributed by atoms with Crippen LogP contribution in [0.3, 0.4) is 0 Å². The molecule has 2 amide bonds. The Labute approximate surface area is 244 Å². The van der Waals surface area contributed by atoms with Crippen LogP contribution in [0.1, 0.15) is 22.4 Å². The molecule has 0 saturated carbocycles.